The number of carbonyl (C=O) groups is 1. The summed E-state index contributed by atoms with van der Waals surface area (Å²) in [6.45, 7) is 0. The van der Waals surface area contributed by atoms with Gasteiger partial charge in [0.05, 0.1) is 13.0 Å². The van der Waals surface area contributed by atoms with E-state index in [2.05, 4.69) is 0 Å². The van der Waals surface area contributed by atoms with Crippen LogP contribution in [0.5, 0.6) is 5.75 Å². The number of carboxylic acids is 1. The van der Waals surface area contributed by atoms with Crippen molar-refractivity contribution >= 4 is 5.97 Å². The fourth-order valence-electron chi connectivity index (χ4n) is 1.96. The molecule has 4 heteroatoms. The number of hydrogen-bond acceptors (Lipinski definition) is 2. The summed E-state index contributed by atoms with van der Waals surface area (Å²) in [5.41, 5.74) is 0.747. The van der Waals surface area contributed by atoms with Crippen molar-refractivity contribution in [2.75, 3.05) is 7.11 Å². The molecule has 1 fully saturated rings. The number of ether oxygens (including phenoxy) is 1. The minimum absolute atomic E-state index is 0.119. The second-order valence-corrected chi connectivity index (χ2v) is 4.10. The number of benzene rings is 1. The van der Waals surface area contributed by atoms with Crippen molar-refractivity contribution in [2.45, 2.75) is 12.8 Å². The first-order valence-corrected chi connectivity index (χ1v) is 5.17. The molecule has 2 atom stereocenters. The van der Waals surface area contributed by atoms with E-state index in [1.807, 2.05) is 0 Å². The topological polar surface area (TPSA) is 46.5 Å². The maximum absolute atomic E-state index is 13.0. The molecule has 1 aromatic rings. The Morgan fingerprint density at radius 1 is 1.62 bits per heavy atom. The molecule has 16 heavy (non-hydrogen) atoms. The van der Waals surface area contributed by atoms with E-state index in [9.17, 15) is 9.18 Å². The Hall–Kier alpha value is -1.58. The zero-order valence-electron chi connectivity index (χ0n) is 8.94. The Kier molecular flexibility index (Phi) is 2.81. The van der Waals surface area contributed by atoms with Crippen molar-refractivity contribution in [3.63, 3.8) is 0 Å². The third-order valence-corrected chi connectivity index (χ3v) is 2.96. The molecule has 0 radical (unpaired) electrons. The van der Waals surface area contributed by atoms with Gasteiger partial charge in [0, 0.05) is 0 Å². The molecule has 0 saturated heterocycles. The number of halogens is 1. The lowest BCUT2D eigenvalue weighted by Crippen LogP contribution is -2.02. The van der Waals surface area contributed by atoms with Crippen LogP contribution in [0, 0.1) is 17.7 Å². The normalized spacial score (nSPS) is 22.9. The smallest absolute Gasteiger partial charge is 0.306 e. The highest BCUT2D eigenvalue weighted by Gasteiger charge is 2.43. The zero-order valence-corrected chi connectivity index (χ0v) is 8.94. The molecule has 0 aromatic heterocycles. The summed E-state index contributed by atoms with van der Waals surface area (Å²) in [4.78, 5) is 10.7. The summed E-state index contributed by atoms with van der Waals surface area (Å²) >= 11 is 0. The first kappa shape index (κ1) is 10.9. The molecule has 1 N–H and O–H groups in total. The van der Waals surface area contributed by atoms with Gasteiger partial charge in [0.2, 0.25) is 0 Å². The number of aliphatic carboxylic acids is 1. The van der Waals surface area contributed by atoms with E-state index in [0.717, 1.165) is 5.56 Å². The van der Waals surface area contributed by atoms with Gasteiger partial charge in [-0.1, -0.05) is 0 Å². The molecule has 2 unspecified atom stereocenters. The van der Waals surface area contributed by atoms with E-state index in [-0.39, 0.29) is 17.7 Å². The van der Waals surface area contributed by atoms with Gasteiger partial charge in [-0.15, -0.1) is 0 Å². The summed E-state index contributed by atoms with van der Waals surface area (Å²) < 4.78 is 18.1. The second kappa shape index (κ2) is 4.12. The van der Waals surface area contributed by atoms with E-state index in [4.69, 9.17) is 9.84 Å². The van der Waals surface area contributed by atoms with Crippen LogP contribution in [0.4, 0.5) is 4.39 Å². The molecule has 3 nitrogen and oxygen atoms in total. The summed E-state index contributed by atoms with van der Waals surface area (Å²) in [7, 11) is 1.53. The van der Waals surface area contributed by atoms with Crippen molar-refractivity contribution < 1.29 is 19.0 Å². The average Bonchev–Trinajstić information content (AvgIpc) is 2.98. The van der Waals surface area contributed by atoms with E-state index >= 15 is 0 Å². The minimum Gasteiger partial charge on any atom is -0.496 e. The van der Waals surface area contributed by atoms with E-state index in [1.54, 1.807) is 6.07 Å². The summed E-state index contributed by atoms with van der Waals surface area (Å²) in [5, 5.41) is 8.78. The molecule has 1 aliphatic carbocycles. The first-order valence-electron chi connectivity index (χ1n) is 5.17. The van der Waals surface area contributed by atoms with Crippen LogP contribution in [0.3, 0.4) is 0 Å². The molecule has 1 saturated carbocycles. The van der Waals surface area contributed by atoms with Gasteiger partial charge in [-0.2, -0.15) is 0 Å². The van der Waals surface area contributed by atoms with Gasteiger partial charge >= 0.3 is 5.97 Å². The molecule has 0 aliphatic heterocycles. The van der Waals surface area contributed by atoms with Crippen molar-refractivity contribution in [1.29, 1.82) is 0 Å². The van der Waals surface area contributed by atoms with Crippen molar-refractivity contribution in [1.82, 2.24) is 0 Å². The molecule has 1 aromatic carbocycles. The van der Waals surface area contributed by atoms with Crippen molar-refractivity contribution in [3.05, 3.63) is 29.6 Å². The Labute approximate surface area is 92.9 Å². The molecule has 1 aliphatic rings. The molecule has 0 bridgehead atoms. The molecule has 86 valence electrons. The van der Waals surface area contributed by atoms with Gasteiger partial charge < -0.3 is 9.84 Å². The summed E-state index contributed by atoms with van der Waals surface area (Å²) in [6.07, 6.45) is 1.24. The van der Waals surface area contributed by atoms with Crippen LogP contribution in [0.25, 0.3) is 0 Å². The number of rotatable bonds is 4. The molecule has 2 rings (SSSR count). The maximum Gasteiger partial charge on any atom is 0.306 e. The van der Waals surface area contributed by atoms with Gasteiger partial charge in [0.25, 0.3) is 0 Å². The molecule has 0 amide bonds. The van der Waals surface area contributed by atoms with Crippen LogP contribution < -0.4 is 4.74 Å². The SMILES string of the molecule is COc1ccc(F)cc1CC1CC1C(=O)O. The second-order valence-electron chi connectivity index (χ2n) is 4.10. The number of carboxylic acid groups (broad SMARTS) is 1. The number of methoxy groups -OCH3 is 1. The third-order valence-electron chi connectivity index (χ3n) is 2.96. The van der Waals surface area contributed by atoms with Crippen LogP contribution >= 0.6 is 0 Å². The van der Waals surface area contributed by atoms with Crippen LogP contribution in [-0.4, -0.2) is 18.2 Å². The minimum atomic E-state index is -0.764. The lowest BCUT2D eigenvalue weighted by molar-refractivity contribution is -0.138. The van der Waals surface area contributed by atoms with Gasteiger partial charge in [-0.3, -0.25) is 4.79 Å². The van der Waals surface area contributed by atoms with Gasteiger partial charge in [-0.25, -0.2) is 4.39 Å². The van der Waals surface area contributed by atoms with Crippen LogP contribution in [-0.2, 0) is 11.2 Å². The third kappa shape index (κ3) is 2.15. The summed E-state index contributed by atoms with van der Waals surface area (Å²) in [5.74, 6) is -0.609. The predicted molar refractivity (Wildman–Crippen MR) is 55.9 cm³/mol. The van der Waals surface area contributed by atoms with E-state index in [1.165, 1.54) is 19.2 Å². The molecular formula is C12H13FO3. The van der Waals surface area contributed by atoms with Crippen LogP contribution in [0.2, 0.25) is 0 Å². The average molecular weight is 224 g/mol. The first-order chi connectivity index (χ1) is 7.61. The Bertz CT molecular complexity index is 417. The van der Waals surface area contributed by atoms with Crippen LogP contribution in [0.15, 0.2) is 18.2 Å². The Morgan fingerprint density at radius 3 is 2.94 bits per heavy atom. The molecule has 0 spiro atoms. The highest BCUT2D eigenvalue weighted by molar-refractivity contribution is 5.73. The summed E-state index contributed by atoms with van der Waals surface area (Å²) in [6, 6.07) is 4.32. The highest BCUT2D eigenvalue weighted by Crippen LogP contribution is 2.42. The van der Waals surface area contributed by atoms with Gasteiger partial charge in [-0.05, 0) is 42.5 Å². The highest BCUT2D eigenvalue weighted by atomic mass is 19.1. The lowest BCUT2D eigenvalue weighted by Gasteiger charge is -2.07. The van der Waals surface area contributed by atoms with Gasteiger partial charge in [0.15, 0.2) is 0 Å². The predicted octanol–water partition coefficient (Wildman–Crippen LogP) is 2.10. The number of hydrogen-bond donors (Lipinski definition) is 1. The van der Waals surface area contributed by atoms with E-state index in [0.29, 0.717) is 18.6 Å². The maximum atomic E-state index is 13.0. The largest absolute Gasteiger partial charge is 0.496 e. The standard InChI is InChI=1S/C12H13FO3/c1-16-11-3-2-9(13)5-8(11)4-7-6-10(7)12(14)15/h2-3,5,7,10H,4,6H2,1H3,(H,14,15). The fraction of sp³-hybridized carbons (Fsp3) is 0.417. The quantitative estimate of drug-likeness (QED) is 0.851. The molecule has 0 heterocycles. The Morgan fingerprint density at radius 2 is 2.38 bits per heavy atom. The van der Waals surface area contributed by atoms with Crippen molar-refractivity contribution in [3.8, 4) is 5.75 Å². The monoisotopic (exact) mass is 224 g/mol. The Balaban J connectivity index is 2.09. The van der Waals surface area contributed by atoms with E-state index < -0.39 is 5.97 Å². The molecular weight excluding hydrogens is 211 g/mol. The van der Waals surface area contributed by atoms with Crippen molar-refractivity contribution in [2.24, 2.45) is 11.8 Å². The zero-order chi connectivity index (χ0) is 11.7. The van der Waals surface area contributed by atoms with Crippen LogP contribution in [0.1, 0.15) is 12.0 Å². The lowest BCUT2D eigenvalue weighted by atomic mass is 10.1. The fourth-order valence-corrected chi connectivity index (χ4v) is 1.96. The van der Waals surface area contributed by atoms with Gasteiger partial charge in [0.1, 0.15) is 11.6 Å².